The molecule has 0 spiro atoms. The first kappa shape index (κ1) is 22.6. The standard InChI is InChI=1S/C26H27N3O4/c1-14-8-18(9-15(2)24(14)28-21(30)6-7-22(28)31)12-19-10-16(3)25(17(4)11-19)29-23(32)13-20(27-5)26(29)33/h6-11,20,27H,12-13H2,1-5H3. The number of amides is 4. The fourth-order valence-corrected chi connectivity index (χ4v) is 4.95. The molecule has 2 aliphatic heterocycles. The van der Waals surface area contributed by atoms with Crippen molar-refractivity contribution in [1.82, 2.24) is 5.32 Å². The summed E-state index contributed by atoms with van der Waals surface area (Å²) in [5.41, 5.74) is 6.84. The lowest BCUT2D eigenvalue weighted by atomic mass is 9.95. The summed E-state index contributed by atoms with van der Waals surface area (Å²) in [7, 11) is 1.68. The lowest BCUT2D eigenvalue weighted by Gasteiger charge is -2.22. The molecule has 1 unspecified atom stereocenters. The third kappa shape index (κ3) is 3.89. The Hall–Kier alpha value is -3.58. The van der Waals surface area contributed by atoms with Crippen LogP contribution in [0.25, 0.3) is 0 Å². The first-order valence-corrected chi connectivity index (χ1v) is 10.9. The van der Waals surface area contributed by atoms with Gasteiger partial charge in [0.2, 0.25) is 5.91 Å². The molecule has 2 aromatic rings. The minimum Gasteiger partial charge on any atom is -0.308 e. The van der Waals surface area contributed by atoms with E-state index >= 15 is 0 Å². The van der Waals surface area contributed by atoms with Crippen molar-refractivity contribution in [3.05, 3.63) is 69.8 Å². The molecule has 170 valence electrons. The number of likely N-dealkylation sites (N-methyl/N-ethyl adjacent to an activating group) is 1. The SMILES string of the molecule is CNC1CC(=O)N(c2c(C)cc(Cc3cc(C)c(N4C(=O)C=CC4=O)c(C)c3)cc2C)C1=O. The summed E-state index contributed by atoms with van der Waals surface area (Å²) >= 11 is 0. The number of nitrogens with one attached hydrogen (secondary N) is 1. The number of imide groups is 2. The van der Waals surface area contributed by atoms with Crippen molar-refractivity contribution in [2.75, 3.05) is 16.8 Å². The van der Waals surface area contributed by atoms with Crippen molar-refractivity contribution < 1.29 is 19.2 Å². The lowest BCUT2D eigenvalue weighted by Crippen LogP contribution is -2.37. The first-order valence-electron chi connectivity index (χ1n) is 10.9. The van der Waals surface area contributed by atoms with Gasteiger partial charge in [-0.15, -0.1) is 0 Å². The maximum Gasteiger partial charge on any atom is 0.258 e. The summed E-state index contributed by atoms with van der Waals surface area (Å²) < 4.78 is 0. The van der Waals surface area contributed by atoms with Gasteiger partial charge in [-0.1, -0.05) is 24.3 Å². The smallest absolute Gasteiger partial charge is 0.258 e. The van der Waals surface area contributed by atoms with Gasteiger partial charge in [0.1, 0.15) is 0 Å². The number of hydrogen-bond donors (Lipinski definition) is 1. The molecule has 1 atom stereocenters. The molecule has 0 saturated carbocycles. The molecule has 2 aliphatic rings. The van der Waals surface area contributed by atoms with E-state index in [1.807, 2.05) is 52.0 Å². The van der Waals surface area contributed by atoms with Crippen LogP contribution >= 0.6 is 0 Å². The van der Waals surface area contributed by atoms with Crippen LogP contribution in [0.5, 0.6) is 0 Å². The fraction of sp³-hybridized carbons (Fsp3) is 0.308. The van der Waals surface area contributed by atoms with Gasteiger partial charge in [-0.2, -0.15) is 0 Å². The molecule has 4 amide bonds. The highest BCUT2D eigenvalue weighted by molar-refractivity contribution is 6.28. The summed E-state index contributed by atoms with van der Waals surface area (Å²) in [6, 6.07) is 7.51. The minimum absolute atomic E-state index is 0.165. The highest BCUT2D eigenvalue weighted by atomic mass is 16.2. The van der Waals surface area contributed by atoms with E-state index in [4.69, 9.17) is 0 Å². The van der Waals surface area contributed by atoms with Crippen LogP contribution in [0.1, 0.15) is 39.8 Å². The predicted octanol–water partition coefficient (Wildman–Crippen LogP) is 2.79. The number of carbonyl (C=O) groups is 4. The van der Waals surface area contributed by atoms with E-state index in [1.54, 1.807) is 7.05 Å². The van der Waals surface area contributed by atoms with E-state index in [0.29, 0.717) is 17.8 Å². The van der Waals surface area contributed by atoms with Crippen LogP contribution in [0.15, 0.2) is 36.4 Å². The van der Waals surface area contributed by atoms with Gasteiger partial charge in [0.05, 0.1) is 23.8 Å². The number of anilines is 2. The monoisotopic (exact) mass is 445 g/mol. The molecule has 1 fully saturated rings. The normalized spacial score (nSPS) is 18.3. The third-order valence-corrected chi connectivity index (χ3v) is 6.26. The van der Waals surface area contributed by atoms with Crippen molar-refractivity contribution in [1.29, 1.82) is 0 Å². The largest absolute Gasteiger partial charge is 0.308 e. The van der Waals surface area contributed by atoms with E-state index in [0.717, 1.165) is 33.4 Å². The zero-order valence-electron chi connectivity index (χ0n) is 19.5. The summed E-state index contributed by atoms with van der Waals surface area (Å²) in [5.74, 6) is -1.07. The molecule has 0 bridgehead atoms. The molecular formula is C26H27N3O4. The van der Waals surface area contributed by atoms with Crippen LogP contribution in [0, 0.1) is 27.7 Å². The molecule has 0 radical (unpaired) electrons. The summed E-state index contributed by atoms with van der Waals surface area (Å²) in [6.07, 6.45) is 3.39. The maximum atomic E-state index is 12.7. The number of nitrogens with zero attached hydrogens (tertiary/aromatic N) is 2. The maximum absolute atomic E-state index is 12.7. The Labute approximate surface area is 193 Å². The van der Waals surface area contributed by atoms with Crippen molar-refractivity contribution in [2.45, 2.75) is 46.6 Å². The Morgan fingerprint density at radius 3 is 1.58 bits per heavy atom. The fourth-order valence-electron chi connectivity index (χ4n) is 4.95. The van der Waals surface area contributed by atoms with Gasteiger partial charge in [-0.05, 0) is 74.5 Å². The summed E-state index contributed by atoms with van der Waals surface area (Å²) in [4.78, 5) is 52.0. The topological polar surface area (TPSA) is 86.8 Å². The van der Waals surface area contributed by atoms with Crippen LogP contribution in [0.4, 0.5) is 11.4 Å². The lowest BCUT2D eigenvalue weighted by molar-refractivity contribution is -0.122. The van der Waals surface area contributed by atoms with Crippen LogP contribution < -0.4 is 15.1 Å². The van der Waals surface area contributed by atoms with E-state index in [9.17, 15) is 19.2 Å². The number of carbonyl (C=O) groups excluding carboxylic acids is 4. The van der Waals surface area contributed by atoms with Gasteiger partial charge < -0.3 is 5.32 Å². The molecule has 4 rings (SSSR count). The molecular weight excluding hydrogens is 418 g/mol. The van der Waals surface area contributed by atoms with E-state index in [-0.39, 0.29) is 30.0 Å². The first-order chi connectivity index (χ1) is 15.6. The second-order valence-corrected chi connectivity index (χ2v) is 8.79. The molecule has 0 aliphatic carbocycles. The Bertz CT molecular complexity index is 1180. The van der Waals surface area contributed by atoms with Crippen LogP contribution in [0.3, 0.4) is 0 Å². The van der Waals surface area contributed by atoms with Crippen LogP contribution in [0.2, 0.25) is 0 Å². The Morgan fingerprint density at radius 2 is 1.18 bits per heavy atom. The Kier molecular flexibility index (Phi) is 5.76. The third-order valence-electron chi connectivity index (χ3n) is 6.26. The molecule has 2 heterocycles. The average molecular weight is 446 g/mol. The van der Waals surface area contributed by atoms with E-state index < -0.39 is 6.04 Å². The molecule has 7 nitrogen and oxygen atoms in total. The van der Waals surface area contributed by atoms with Gasteiger partial charge in [0.25, 0.3) is 17.7 Å². The zero-order chi connectivity index (χ0) is 24.0. The van der Waals surface area contributed by atoms with Crippen LogP contribution in [-0.4, -0.2) is 36.7 Å². The van der Waals surface area contributed by atoms with Gasteiger partial charge >= 0.3 is 0 Å². The van der Waals surface area contributed by atoms with E-state index in [1.165, 1.54) is 22.0 Å². The average Bonchev–Trinajstić information content (AvgIpc) is 3.20. The van der Waals surface area contributed by atoms with Crippen molar-refractivity contribution in [2.24, 2.45) is 0 Å². The summed E-state index contributed by atoms with van der Waals surface area (Å²) in [6.45, 7) is 7.62. The van der Waals surface area contributed by atoms with E-state index in [2.05, 4.69) is 5.32 Å². The second kappa shape index (κ2) is 8.41. The molecule has 1 saturated heterocycles. The Balaban J connectivity index is 1.63. The number of aryl methyl sites for hydroxylation is 4. The molecule has 0 aromatic heterocycles. The zero-order valence-corrected chi connectivity index (χ0v) is 19.5. The van der Waals surface area contributed by atoms with Crippen molar-refractivity contribution >= 4 is 35.0 Å². The van der Waals surface area contributed by atoms with Gasteiger partial charge in [0.15, 0.2) is 0 Å². The molecule has 2 aromatic carbocycles. The van der Waals surface area contributed by atoms with Crippen LogP contribution in [-0.2, 0) is 25.6 Å². The molecule has 7 heteroatoms. The minimum atomic E-state index is -0.481. The number of hydrogen-bond acceptors (Lipinski definition) is 5. The van der Waals surface area contributed by atoms with Gasteiger partial charge in [0, 0.05) is 12.2 Å². The molecule has 1 N–H and O–H groups in total. The molecule has 33 heavy (non-hydrogen) atoms. The predicted molar refractivity (Wildman–Crippen MR) is 126 cm³/mol. The number of rotatable bonds is 5. The number of benzene rings is 2. The highest BCUT2D eigenvalue weighted by Gasteiger charge is 2.39. The quantitative estimate of drug-likeness (QED) is 0.716. The Morgan fingerprint density at radius 1 is 0.758 bits per heavy atom. The van der Waals surface area contributed by atoms with Crippen molar-refractivity contribution in [3.8, 4) is 0 Å². The van der Waals surface area contributed by atoms with Crippen molar-refractivity contribution in [3.63, 3.8) is 0 Å². The van der Waals surface area contributed by atoms with Gasteiger partial charge in [-0.3, -0.25) is 19.2 Å². The van der Waals surface area contributed by atoms with Gasteiger partial charge in [-0.25, -0.2) is 9.80 Å². The highest BCUT2D eigenvalue weighted by Crippen LogP contribution is 2.33. The second-order valence-electron chi connectivity index (χ2n) is 8.79. The summed E-state index contributed by atoms with van der Waals surface area (Å²) in [5, 5.41) is 2.91.